The molecular formula is C23H32IN5O2. The summed E-state index contributed by atoms with van der Waals surface area (Å²) in [5, 5.41) is 6.74. The van der Waals surface area contributed by atoms with Crippen molar-refractivity contribution in [1.82, 2.24) is 20.5 Å². The van der Waals surface area contributed by atoms with E-state index in [1.165, 1.54) is 11.1 Å². The zero-order chi connectivity index (χ0) is 21.5. The first-order chi connectivity index (χ1) is 14.5. The topological polar surface area (TPSA) is 78.9 Å². The van der Waals surface area contributed by atoms with Gasteiger partial charge in [-0.15, -0.1) is 24.0 Å². The van der Waals surface area contributed by atoms with Crippen molar-refractivity contribution < 1.29 is 9.53 Å². The van der Waals surface area contributed by atoms with E-state index in [9.17, 15) is 4.79 Å². The summed E-state index contributed by atoms with van der Waals surface area (Å²) in [6, 6.07) is 10.1. The third-order valence-corrected chi connectivity index (χ3v) is 5.37. The summed E-state index contributed by atoms with van der Waals surface area (Å²) in [5.74, 6) is 2.26. The fourth-order valence-corrected chi connectivity index (χ4v) is 3.42. The van der Waals surface area contributed by atoms with Crippen LogP contribution in [0.4, 0.5) is 0 Å². The van der Waals surface area contributed by atoms with Gasteiger partial charge in [-0.3, -0.25) is 9.79 Å². The van der Waals surface area contributed by atoms with Crippen LogP contribution in [-0.4, -0.2) is 47.9 Å². The summed E-state index contributed by atoms with van der Waals surface area (Å²) in [6.45, 7) is 8.15. The van der Waals surface area contributed by atoms with E-state index in [0.717, 1.165) is 36.8 Å². The zero-order valence-electron chi connectivity index (χ0n) is 18.6. The lowest BCUT2D eigenvalue weighted by molar-refractivity contribution is -0.129. The number of aromatic nitrogens is 1. The molecule has 2 heterocycles. The van der Waals surface area contributed by atoms with E-state index < -0.39 is 0 Å². The fourth-order valence-electron chi connectivity index (χ4n) is 3.42. The molecule has 1 aliphatic rings. The molecule has 0 aliphatic carbocycles. The van der Waals surface area contributed by atoms with Crippen molar-refractivity contribution >= 4 is 35.8 Å². The first kappa shape index (κ1) is 24.9. The number of hydrogen-bond donors (Lipinski definition) is 2. The number of nitrogens with zero attached hydrogens (tertiary/aromatic N) is 3. The van der Waals surface area contributed by atoms with Crippen LogP contribution in [0.1, 0.15) is 36.5 Å². The minimum atomic E-state index is 0. The Morgan fingerprint density at radius 3 is 2.77 bits per heavy atom. The maximum Gasteiger partial charge on any atom is 0.222 e. The molecule has 7 nitrogen and oxygen atoms in total. The van der Waals surface area contributed by atoms with Crippen LogP contribution in [0, 0.1) is 13.8 Å². The molecule has 1 saturated heterocycles. The van der Waals surface area contributed by atoms with Crippen molar-refractivity contribution in [2.45, 2.75) is 46.2 Å². The van der Waals surface area contributed by atoms with Gasteiger partial charge in [0.1, 0.15) is 5.75 Å². The number of pyridine rings is 1. The van der Waals surface area contributed by atoms with E-state index in [-0.39, 0.29) is 35.9 Å². The van der Waals surface area contributed by atoms with Gasteiger partial charge in [-0.05, 0) is 55.2 Å². The maximum atomic E-state index is 11.9. The van der Waals surface area contributed by atoms with Crippen molar-refractivity contribution in [2.24, 2.45) is 4.99 Å². The van der Waals surface area contributed by atoms with Crippen LogP contribution in [0.5, 0.6) is 11.6 Å². The Bertz CT molecular complexity index is 919. The number of likely N-dealkylation sites (tertiary alicyclic amines) is 1. The van der Waals surface area contributed by atoms with Crippen molar-refractivity contribution in [1.29, 1.82) is 0 Å². The molecule has 1 aromatic carbocycles. The molecule has 8 heteroatoms. The van der Waals surface area contributed by atoms with Gasteiger partial charge in [-0.2, -0.15) is 0 Å². The predicted octanol–water partition coefficient (Wildman–Crippen LogP) is 3.78. The van der Waals surface area contributed by atoms with Crippen molar-refractivity contribution in [2.75, 3.05) is 20.1 Å². The Morgan fingerprint density at radius 1 is 1.26 bits per heavy atom. The number of guanidine groups is 1. The second-order valence-electron chi connectivity index (χ2n) is 7.60. The second-order valence-corrected chi connectivity index (χ2v) is 7.60. The quantitative estimate of drug-likeness (QED) is 0.333. The molecule has 1 unspecified atom stereocenters. The third kappa shape index (κ3) is 7.09. The molecule has 0 saturated carbocycles. The number of halogens is 1. The van der Waals surface area contributed by atoms with E-state index in [4.69, 9.17) is 4.74 Å². The first-order valence-corrected chi connectivity index (χ1v) is 10.4. The van der Waals surface area contributed by atoms with Crippen LogP contribution < -0.4 is 15.4 Å². The number of nitrogens with one attached hydrogen (secondary N) is 2. The molecule has 0 spiro atoms. The molecule has 0 radical (unpaired) electrons. The van der Waals surface area contributed by atoms with Crippen LogP contribution in [0.2, 0.25) is 0 Å². The summed E-state index contributed by atoms with van der Waals surface area (Å²) in [4.78, 5) is 22.4. The minimum absolute atomic E-state index is 0. The van der Waals surface area contributed by atoms with E-state index >= 15 is 0 Å². The smallest absolute Gasteiger partial charge is 0.222 e. The number of carbonyl (C=O) groups excluding carboxylic acids is 1. The summed E-state index contributed by atoms with van der Waals surface area (Å²) < 4.78 is 5.92. The highest BCUT2D eigenvalue weighted by Crippen LogP contribution is 2.22. The summed E-state index contributed by atoms with van der Waals surface area (Å²) >= 11 is 0. The molecular weight excluding hydrogens is 505 g/mol. The Balaban J connectivity index is 0.00000341. The summed E-state index contributed by atoms with van der Waals surface area (Å²) in [7, 11) is 1.75. The van der Waals surface area contributed by atoms with Crippen LogP contribution in [0.15, 0.2) is 41.5 Å². The Hall–Kier alpha value is -2.36. The lowest BCUT2D eigenvalue weighted by Crippen LogP contribution is -2.44. The van der Waals surface area contributed by atoms with Crippen molar-refractivity contribution in [3.8, 4) is 11.6 Å². The number of aliphatic imine (C=N–C) groups is 1. The number of aryl methyl sites for hydroxylation is 2. The molecule has 31 heavy (non-hydrogen) atoms. The molecule has 1 aliphatic heterocycles. The van der Waals surface area contributed by atoms with Crippen LogP contribution in [0.25, 0.3) is 0 Å². The summed E-state index contributed by atoms with van der Waals surface area (Å²) in [6.07, 6.45) is 3.22. The largest absolute Gasteiger partial charge is 0.439 e. The van der Waals surface area contributed by atoms with E-state index in [2.05, 4.69) is 34.5 Å². The molecule has 2 aromatic rings. The number of ether oxygens (including phenoxy) is 1. The van der Waals surface area contributed by atoms with E-state index in [1.54, 1.807) is 13.2 Å². The SMILES string of the molecule is CCC(=O)N1CCC(NC(=NC)NCc2ccnc(Oc3ccc(C)c(C)c3)c2)C1.I. The highest BCUT2D eigenvalue weighted by molar-refractivity contribution is 14.0. The van der Waals surface area contributed by atoms with Gasteiger partial charge in [0.05, 0.1) is 0 Å². The lowest BCUT2D eigenvalue weighted by Gasteiger charge is -2.19. The van der Waals surface area contributed by atoms with Crippen LogP contribution in [0.3, 0.4) is 0 Å². The molecule has 1 amide bonds. The Morgan fingerprint density at radius 2 is 2.06 bits per heavy atom. The van der Waals surface area contributed by atoms with Gasteiger partial charge in [0.2, 0.25) is 11.8 Å². The Kier molecular flexibility index (Phi) is 9.54. The van der Waals surface area contributed by atoms with Gasteiger partial charge in [-0.25, -0.2) is 4.98 Å². The number of hydrogen-bond acceptors (Lipinski definition) is 4. The van der Waals surface area contributed by atoms with Crippen LogP contribution >= 0.6 is 24.0 Å². The summed E-state index contributed by atoms with van der Waals surface area (Å²) in [5.41, 5.74) is 3.46. The minimum Gasteiger partial charge on any atom is -0.439 e. The van der Waals surface area contributed by atoms with E-state index in [0.29, 0.717) is 18.8 Å². The average molecular weight is 537 g/mol. The van der Waals surface area contributed by atoms with Gasteiger partial charge in [-0.1, -0.05) is 13.0 Å². The van der Waals surface area contributed by atoms with E-state index in [1.807, 2.05) is 42.2 Å². The first-order valence-electron chi connectivity index (χ1n) is 10.4. The van der Waals surface area contributed by atoms with Crippen LogP contribution in [-0.2, 0) is 11.3 Å². The van der Waals surface area contributed by atoms with Gasteiger partial charge < -0.3 is 20.3 Å². The highest BCUT2D eigenvalue weighted by Gasteiger charge is 2.25. The number of amides is 1. The molecule has 1 atom stereocenters. The van der Waals surface area contributed by atoms with Gasteiger partial charge in [0.15, 0.2) is 5.96 Å². The Labute approximate surface area is 201 Å². The number of benzene rings is 1. The van der Waals surface area contributed by atoms with Gasteiger partial charge in [0, 0.05) is 51.4 Å². The second kappa shape index (κ2) is 11.9. The molecule has 3 rings (SSSR count). The third-order valence-electron chi connectivity index (χ3n) is 5.37. The monoisotopic (exact) mass is 537 g/mol. The average Bonchev–Trinajstić information content (AvgIpc) is 3.22. The van der Waals surface area contributed by atoms with Gasteiger partial charge in [0.25, 0.3) is 0 Å². The molecule has 168 valence electrons. The molecule has 0 bridgehead atoms. The van der Waals surface area contributed by atoms with Gasteiger partial charge >= 0.3 is 0 Å². The molecule has 1 aromatic heterocycles. The molecule has 2 N–H and O–H groups in total. The predicted molar refractivity (Wildman–Crippen MR) is 134 cm³/mol. The number of carbonyl (C=O) groups is 1. The zero-order valence-corrected chi connectivity index (χ0v) is 21.0. The maximum absolute atomic E-state index is 11.9. The number of rotatable bonds is 6. The standard InChI is InChI=1S/C23H31N5O2.HI/c1-5-22(29)28-11-9-19(15-28)27-23(24-4)26-14-18-8-10-25-21(13-18)30-20-7-6-16(2)17(3)12-20;/h6-8,10,12-13,19H,5,9,11,14-15H2,1-4H3,(H2,24,26,27);1H. The van der Waals surface area contributed by atoms with Crippen molar-refractivity contribution in [3.63, 3.8) is 0 Å². The highest BCUT2D eigenvalue weighted by atomic mass is 127. The lowest BCUT2D eigenvalue weighted by atomic mass is 10.1. The molecule has 1 fully saturated rings. The normalized spacial score (nSPS) is 15.9. The fraction of sp³-hybridized carbons (Fsp3) is 0.435. The van der Waals surface area contributed by atoms with Crippen molar-refractivity contribution in [3.05, 3.63) is 53.2 Å².